The summed E-state index contributed by atoms with van der Waals surface area (Å²) >= 11 is 5.99. The Morgan fingerprint density at radius 2 is 2.00 bits per heavy atom. The Morgan fingerprint density at radius 1 is 1.37 bits per heavy atom. The Hall–Kier alpha value is -0.620. The maximum Gasteiger partial charge on any atom is 0.244 e. The maximum atomic E-state index is 12.5. The molecule has 1 N–H and O–H groups in total. The smallest absolute Gasteiger partial charge is 0.244 e. The summed E-state index contributed by atoms with van der Waals surface area (Å²) in [5, 5.41) is 9.29. The first kappa shape index (κ1) is 16.4. The average molecular weight is 306 g/mol. The fourth-order valence-corrected chi connectivity index (χ4v) is 3.92. The molecular weight excluding hydrogens is 286 g/mol. The number of aliphatic hydroxyl groups is 1. The number of hydrogen-bond acceptors (Lipinski definition) is 3. The molecule has 4 nitrogen and oxygen atoms in total. The summed E-state index contributed by atoms with van der Waals surface area (Å²) < 4.78 is 26.5. The number of aliphatic hydroxyl groups excluding tert-OH is 1. The van der Waals surface area contributed by atoms with E-state index in [1.165, 1.54) is 16.4 Å². The van der Waals surface area contributed by atoms with Crippen molar-refractivity contribution < 1.29 is 13.5 Å². The predicted octanol–water partition coefficient (Wildman–Crippen LogP) is 2.50. The molecule has 1 aromatic rings. The summed E-state index contributed by atoms with van der Waals surface area (Å²) in [6.45, 7) is 6.34. The molecule has 0 aliphatic carbocycles. The van der Waals surface area contributed by atoms with Gasteiger partial charge in [0.05, 0.1) is 11.6 Å². The van der Waals surface area contributed by atoms with E-state index in [0.29, 0.717) is 18.7 Å². The molecule has 0 saturated heterocycles. The van der Waals surface area contributed by atoms with E-state index in [2.05, 4.69) is 0 Å². The zero-order chi connectivity index (χ0) is 14.6. The van der Waals surface area contributed by atoms with Gasteiger partial charge in [0.2, 0.25) is 10.0 Å². The summed E-state index contributed by atoms with van der Waals surface area (Å²) in [4.78, 5) is 0.0585. The van der Waals surface area contributed by atoms with Crippen LogP contribution in [0.4, 0.5) is 0 Å². The minimum absolute atomic E-state index is 0.0585. The number of halogens is 1. The Labute approximate surface area is 120 Å². The lowest BCUT2D eigenvalue weighted by Crippen LogP contribution is -2.34. The number of sulfonamides is 1. The molecule has 0 aromatic heterocycles. The maximum absolute atomic E-state index is 12.5. The van der Waals surface area contributed by atoms with Crippen molar-refractivity contribution in [2.24, 2.45) is 5.92 Å². The molecule has 1 rings (SSSR count). The van der Waals surface area contributed by atoms with Crippen molar-refractivity contribution >= 4 is 21.6 Å². The van der Waals surface area contributed by atoms with Gasteiger partial charge in [-0.2, -0.15) is 4.31 Å². The van der Waals surface area contributed by atoms with Crippen LogP contribution < -0.4 is 0 Å². The average Bonchev–Trinajstić information content (AvgIpc) is 2.35. The highest BCUT2D eigenvalue weighted by Crippen LogP contribution is 2.26. The number of benzene rings is 1. The summed E-state index contributed by atoms with van der Waals surface area (Å²) in [7, 11) is -3.62. The van der Waals surface area contributed by atoms with Crippen LogP contribution in [0.1, 0.15) is 26.3 Å². The van der Waals surface area contributed by atoms with Crippen molar-refractivity contribution in [2.75, 3.05) is 13.1 Å². The fraction of sp³-hybridized carbons (Fsp3) is 0.538. The lowest BCUT2D eigenvalue weighted by atomic mass is 10.2. The number of hydrogen-bond donors (Lipinski definition) is 1. The van der Waals surface area contributed by atoms with E-state index in [1.807, 2.05) is 13.8 Å². The monoisotopic (exact) mass is 305 g/mol. The highest BCUT2D eigenvalue weighted by atomic mass is 35.5. The normalized spacial score (nSPS) is 12.4. The Bertz CT molecular complexity index is 529. The third kappa shape index (κ3) is 3.92. The first-order valence-electron chi connectivity index (χ1n) is 6.22. The van der Waals surface area contributed by atoms with Gasteiger partial charge < -0.3 is 5.11 Å². The molecule has 0 atom stereocenters. The second-order valence-electron chi connectivity index (χ2n) is 4.77. The van der Waals surface area contributed by atoms with Crippen LogP contribution in [0.25, 0.3) is 0 Å². The van der Waals surface area contributed by atoms with Crippen molar-refractivity contribution in [1.29, 1.82) is 0 Å². The van der Waals surface area contributed by atoms with Crippen molar-refractivity contribution in [3.63, 3.8) is 0 Å². The van der Waals surface area contributed by atoms with Gasteiger partial charge in [-0.15, -0.1) is 0 Å². The highest BCUT2D eigenvalue weighted by molar-refractivity contribution is 7.89. The van der Waals surface area contributed by atoms with Crippen LogP contribution in [-0.4, -0.2) is 30.9 Å². The molecule has 0 unspecified atom stereocenters. The molecule has 108 valence electrons. The standard InChI is InChI=1S/C13H20ClNO3S/c1-4-15(8-10(2)3)19(17,18)13-7-11(9-16)5-6-12(13)14/h5-7,10,16H,4,8-9H2,1-3H3. The van der Waals surface area contributed by atoms with Gasteiger partial charge in [-0.3, -0.25) is 0 Å². The summed E-state index contributed by atoms with van der Waals surface area (Å²) in [6, 6.07) is 4.55. The fourth-order valence-electron chi connectivity index (χ4n) is 1.79. The first-order valence-corrected chi connectivity index (χ1v) is 8.04. The quantitative estimate of drug-likeness (QED) is 0.878. The second kappa shape index (κ2) is 6.70. The minimum atomic E-state index is -3.62. The molecule has 0 aliphatic rings. The van der Waals surface area contributed by atoms with Gasteiger partial charge in [-0.1, -0.05) is 38.4 Å². The molecule has 0 amide bonds. The third-order valence-electron chi connectivity index (χ3n) is 2.72. The van der Waals surface area contributed by atoms with Crippen LogP contribution in [-0.2, 0) is 16.6 Å². The van der Waals surface area contributed by atoms with Crippen molar-refractivity contribution in [1.82, 2.24) is 4.31 Å². The molecule has 19 heavy (non-hydrogen) atoms. The zero-order valence-electron chi connectivity index (χ0n) is 11.4. The van der Waals surface area contributed by atoms with E-state index in [-0.39, 0.29) is 22.4 Å². The summed E-state index contributed by atoms with van der Waals surface area (Å²) in [5.41, 5.74) is 0.531. The Kier molecular flexibility index (Phi) is 5.80. The predicted molar refractivity (Wildman–Crippen MR) is 76.6 cm³/mol. The molecule has 0 saturated carbocycles. The van der Waals surface area contributed by atoms with E-state index < -0.39 is 10.0 Å². The largest absolute Gasteiger partial charge is 0.392 e. The number of nitrogens with zero attached hydrogens (tertiary/aromatic N) is 1. The van der Waals surface area contributed by atoms with E-state index in [4.69, 9.17) is 16.7 Å². The third-order valence-corrected chi connectivity index (χ3v) is 5.14. The molecule has 1 aromatic carbocycles. The van der Waals surface area contributed by atoms with Crippen molar-refractivity contribution in [3.8, 4) is 0 Å². The van der Waals surface area contributed by atoms with Crippen LogP contribution >= 0.6 is 11.6 Å². The molecule has 0 heterocycles. The van der Waals surface area contributed by atoms with Gasteiger partial charge in [-0.05, 0) is 23.6 Å². The Balaban J connectivity index is 3.24. The van der Waals surface area contributed by atoms with Crippen molar-refractivity contribution in [3.05, 3.63) is 28.8 Å². The molecule has 6 heteroatoms. The topological polar surface area (TPSA) is 57.6 Å². The molecule has 0 fully saturated rings. The van der Waals surface area contributed by atoms with E-state index in [0.717, 1.165) is 0 Å². The molecule has 0 spiro atoms. The van der Waals surface area contributed by atoms with E-state index in [1.54, 1.807) is 13.0 Å². The molecule has 0 bridgehead atoms. The van der Waals surface area contributed by atoms with E-state index >= 15 is 0 Å². The zero-order valence-corrected chi connectivity index (χ0v) is 13.0. The second-order valence-corrected chi connectivity index (χ2v) is 7.09. The first-order chi connectivity index (χ1) is 8.82. The van der Waals surface area contributed by atoms with Crippen LogP contribution in [0.2, 0.25) is 5.02 Å². The van der Waals surface area contributed by atoms with Gasteiger partial charge in [0.15, 0.2) is 0 Å². The Morgan fingerprint density at radius 3 is 2.47 bits per heavy atom. The lowest BCUT2D eigenvalue weighted by Gasteiger charge is -2.23. The lowest BCUT2D eigenvalue weighted by molar-refractivity contribution is 0.281. The van der Waals surface area contributed by atoms with Gasteiger partial charge in [0.25, 0.3) is 0 Å². The van der Waals surface area contributed by atoms with Gasteiger partial charge in [-0.25, -0.2) is 8.42 Å². The van der Waals surface area contributed by atoms with E-state index in [9.17, 15) is 8.42 Å². The molecular formula is C13H20ClNO3S. The summed E-state index contributed by atoms with van der Waals surface area (Å²) in [5.74, 6) is 0.231. The summed E-state index contributed by atoms with van der Waals surface area (Å²) in [6.07, 6.45) is 0. The van der Waals surface area contributed by atoms with Crippen LogP contribution in [0, 0.1) is 5.92 Å². The molecule has 0 aliphatic heterocycles. The number of rotatable bonds is 6. The van der Waals surface area contributed by atoms with Gasteiger partial charge in [0.1, 0.15) is 4.90 Å². The van der Waals surface area contributed by atoms with Crippen LogP contribution in [0.15, 0.2) is 23.1 Å². The van der Waals surface area contributed by atoms with Gasteiger partial charge in [0, 0.05) is 13.1 Å². The van der Waals surface area contributed by atoms with Crippen LogP contribution in [0.3, 0.4) is 0 Å². The van der Waals surface area contributed by atoms with Crippen molar-refractivity contribution in [2.45, 2.75) is 32.3 Å². The molecule has 0 radical (unpaired) electrons. The SMILES string of the molecule is CCN(CC(C)C)S(=O)(=O)c1cc(CO)ccc1Cl. The minimum Gasteiger partial charge on any atom is -0.392 e. The highest BCUT2D eigenvalue weighted by Gasteiger charge is 2.26. The van der Waals surface area contributed by atoms with Crippen LogP contribution in [0.5, 0.6) is 0 Å². The van der Waals surface area contributed by atoms with Gasteiger partial charge >= 0.3 is 0 Å².